The standard InChI is InChI=1S/C17H17ClN4O3/c1-8-14-16(22(3)9(2)17(25)20-14)21-15(19-8)12-5-4-11(18)6-10(12)7-13(23)24/h4-6,9H,7H2,1-3H3,(H,20,25)(H,23,24)/t9-/m0/s1. The van der Waals surface area contributed by atoms with Crippen LogP contribution in [-0.4, -0.2) is 40.0 Å². The number of carbonyl (C=O) groups excluding carboxylic acids is 1. The van der Waals surface area contributed by atoms with Crippen LogP contribution in [0.4, 0.5) is 11.5 Å². The zero-order chi connectivity index (χ0) is 18.3. The molecule has 2 N–H and O–H groups in total. The fourth-order valence-electron chi connectivity index (χ4n) is 2.76. The van der Waals surface area contributed by atoms with Crippen molar-refractivity contribution >= 4 is 35.0 Å². The summed E-state index contributed by atoms with van der Waals surface area (Å²) >= 11 is 6.00. The Morgan fingerprint density at radius 1 is 1.40 bits per heavy atom. The number of benzene rings is 1. The van der Waals surface area contributed by atoms with Crippen LogP contribution < -0.4 is 10.2 Å². The number of carbonyl (C=O) groups is 2. The van der Waals surface area contributed by atoms with Crippen molar-refractivity contribution in [2.24, 2.45) is 0 Å². The van der Waals surface area contributed by atoms with E-state index in [0.717, 1.165) is 0 Å². The van der Waals surface area contributed by atoms with Crippen LogP contribution >= 0.6 is 11.6 Å². The predicted octanol–water partition coefficient (Wildman–Crippen LogP) is 2.51. The fourth-order valence-corrected chi connectivity index (χ4v) is 2.95. The van der Waals surface area contributed by atoms with Crippen molar-refractivity contribution in [2.45, 2.75) is 26.3 Å². The molecule has 0 saturated carbocycles. The molecule has 0 radical (unpaired) electrons. The summed E-state index contributed by atoms with van der Waals surface area (Å²) in [5, 5.41) is 12.4. The van der Waals surface area contributed by atoms with Gasteiger partial charge in [0, 0.05) is 17.6 Å². The lowest BCUT2D eigenvalue weighted by molar-refractivity contribution is -0.136. The number of rotatable bonds is 3. The third kappa shape index (κ3) is 3.15. The van der Waals surface area contributed by atoms with Crippen molar-refractivity contribution in [2.75, 3.05) is 17.3 Å². The highest BCUT2D eigenvalue weighted by atomic mass is 35.5. The normalized spacial score (nSPS) is 16.4. The van der Waals surface area contributed by atoms with Gasteiger partial charge in [0.15, 0.2) is 11.6 Å². The average Bonchev–Trinajstić information content (AvgIpc) is 2.53. The molecule has 0 unspecified atom stereocenters. The maximum Gasteiger partial charge on any atom is 0.307 e. The number of carboxylic acids is 1. The summed E-state index contributed by atoms with van der Waals surface area (Å²) in [6.45, 7) is 3.56. The van der Waals surface area contributed by atoms with Crippen LogP contribution in [0.5, 0.6) is 0 Å². The number of likely N-dealkylation sites (N-methyl/N-ethyl adjacent to an activating group) is 1. The Morgan fingerprint density at radius 2 is 2.12 bits per heavy atom. The van der Waals surface area contributed by atoms with Crippen molar-refractivity contribution in [3.63, 3.8) is 0 Å². The van der Waals surface area contributed by atoms with E-state index in [2.05, 4.69) is 15.3 Å². The van der Waals surface area contributed by atoms with E-state index in [4.69, 9.17) is 16.7 Å². The van der Waals surface area contributed by atoms with Crippen LogP contribution in [0.3, 0.4) is 0 Å². The van der Waals surface area contributed by atoms with E-state index in [1.165, 1.54) is 0 Å². The molecule has 1 aliphatic rings. The number of carboxylic acid groups (broad SMARTS) is 1. The number of amides is 1. The number of hydrogen-bond donors (Lipinski definition) is 2. The minimum Gasteiger partial charge on any atom is -0.481 e. The number of halogens is 1. The molecule has 0 bridgehead atoms. The number of aliphatic carboxylic acids is 1. The fraction of sp³-hybridized carbons (Fsp3) is 0.294. The van der Waals surface area contributed by atoms with Gasteiger partial charge in [-0.1, -0.05) is 11.6 Å². The van der Waals surface area contributed by atoms with Gasteiger partial charge < -0.3 is 15.3 Å². The Labute approximate surface area is 149 Å². The first-order chi connectivity index (χ1) is 11.8. The third-order valence-corrected chi connectivity index (χ3v) is 4.50. The van der Waals surface area contributed by atoms with E-state index in [0.29, 0.717) is 39.2 Å². The maximum atomic E-state index is 12.0. The molecule has 0 fully saturated rings. The van der Waals surface area contributed by atoms with Crippen molar-refractivity contribution in [3.8, 4) is 11.4 Å². The Bertz CT molecular complexity index is 884. The molecule has 0 saturated heterocycles. The summed E-state index contributed by atoms with van der Waals surface area (Å²) in [7, 11) is 1.79. The van der Waals surface area contributed by atoms with Gasteiger partial charge in [0.05, 0.1) is 12.1 Å². The minimum atomic E-state index is -0.962. The predicted molar refractivity (Wildman–Crippen MR) is 95.0 cm³/mol. The van der Waals surface area contributed by atoms with Crippen molar-refractivity contribution < 1.29 is 14.7 Å². The first-order valence-electron chi connectivity index (χ1n) is 7.71. The third-order valence-electron chi connectivity index (χ3n) is 4.26. The number of hydrogen-bond acceptors (Lipinski definition) is 5. The van der Waals surface area contributed by atoms with Gasteiger partial charge in [0.2, 0.25) is 5.91 Å². The van der Waals surface area contributed by atoms with Gasteiger partial charge in [0.1, 0.15) is 11.7 Å². The van der Waals surface area contributed by atoms with Crippen LogP contribution in [-0.2, 0) is 16.0 Å². The summed E-state index contributed by atoms with van der Waals surface area (Å²) in [5.41, 5.74) is 2.33. The number of anilines is 2. The average molecular weight is 361 g/mol. The van der Waals surface area contributed by atoms with Crippen molar-refractivity contribution in [1.82, 2.24) is 9.97 Å². The lowest BCUT2D eigenvalue weighted by atomic mass is 10.0. The molecule has 130 valence electrons. The number of nitrogens with one attached hydrogen (secondary N) is 1. The second-order valence-corrected chi connectivity index (χ2v) is 6.42. The smallest absolute Gasteiger partial charge is 0.307 e. The van der Waals surface area contributed by atoms with Gasteiger partial charge in [-0.05, 0) is 37.6 Å². The van der Waals surface area contributed by atoms with E-state index in [9.17, 15) is 9.59 Å². The van der Waals surface area contributed by atoms with Gasteiger partial charge >= 0.3 is 5.97 Å². The summed E-state index contributed by atoms with van der Waals surface area (Å²) in [5.74, 6) is -0.0751. The van der Waals surface area contributed by atoms with Crippen molar-refractivity contribution in [3.05, 3.63) is 34.5 Å². The van der Waals surface area contributed by atoms with Gasteiger partial charge in [-0.25, -0.2) is 9.97 Å². The summed E-state index contributed by atoms with van der Waals surface area (Å²) in [6.07, 6.45) is -0.182. The number of fused-ring (bicyclic) bond motifs is 1. The molecule has 1 aromatic heterocycles. The molecule has 0 spiro atoms. The Morgan fingerprint density at radius 3 is 2.80 bits per heavy atom. The molecular formula is C17H17ClN4O3. The lowest BCUT2D eigenvalue weighted by Crippen LogP contribution is -2.44. The van der Waals surface area contributed by atoms with Crippen molar-refractivity contribution in [1.29, 1.82) is 0 Å². The number of aromatic nitrogens is 2. The largest absolute Gasteiger partial charge is 0.481 e. The molecule has 0 aliphatic carbocycles. The maximum absolute atomic E-state index is 12.0. The van der Waals surface area contributed by atoms with Gasteiger partial charge in [-0.15, -0.1) is 0 Å². The molecule has 7 nitrogen and oxygen atoms in total. The van der Waals surface area contributed by atoms with Gasteiger partial charge in [-0.3, -0.25) is 9.59 Å². The Balaban J connectivity index is 2.16. The molecule has 3 rings (SSSR count). The van der Waals surface area contributed by atoms with E-state index in [1.807, 2.05) is 0 Å². The zero-order valence-corrected chi connectivity index (χ0v) is 14.8. The Hall–Kier alpha value is -2.67. The molecule has 1 amide bonds. The molecule has 1 aliphatic heterocycles. The van der Waals surface area contributed by atoms with Gasteiger partial charge in [0.25, 0.3) is 0 Å². The molecular weight excluding hydrogens is 344 g/mol. The highest BCUT2D eigenvalue weighted by Gasteiger charge is 2.30. The van der Waals surface area contributed by atoms with Crippen LogP contribution in [0.2, 0.25) is 5.02 Å². The van der Waals surface area contributed by atoms with E-state index in [1.54, 1.807) is 44.0 Å². The molecule has 25 heavy (non-hydrogen) atoms. The minimum absolute atomic E-state index is 0.118. The quantitative estimate of drug-likeness (QED) is 0.873. The molecule has 1 atom stereocenters. The summed E-state index contributed by atoms with van der Waals surface area (Å²) < 4.78 is 0. The zero-order valence-electron chi connectivity index (χ0n) is 14.0. The van der Waals surface area contributed by atoms with Crippen LogP contribution in [0, 0.1) is 6.92 Å². The first-order valence-corrected chi connectivity index (χ1v) is 8.08. The Kier molecular flexibility index (Phi) is 4.34. The summed E-state index contributed by atoms with van der Waals surface area (Å²) in [6, 6.07) is 4.64. The number of aryl methyl sites for hydroxylation is 1. The SMILES string of the molecule is Cc1nc(-c2ccc(Cl)cc2CC(=O)O)nc2c1NC(=O)[C@H](C)N2C. The first kappa shape index (κ1) is 17.2. The highest BCUT2D eigenvalue weighted by molar-refractivity contribution is 6.30. The molecule has 2 heterocycles. The number of nitrogens with zero attached hydrogens (tertiary/aromatic N) is 3. The second-order valence-electron chi connectivity index (χ2n) is 5.98. The second kappa shape index (κ2) is 6.33. The monoisotopic (exact) mass is 360 g/mol. The van der Waals surface area contributed by atoms with Crippen LogP contribution in [0.15, 0.2) is 18.2 Å². The molecule has 8 heteroatoms. The van der Waals surface area contributed by atoms with Crippen LogP contribution in [0.1, 0.15) is 18.2 Å². The lowest BCUT2D eigenvalue weighted by Gasteiger charge is -2.32. The van der Waals surface area contributed by atoms with E-state index >= 15 is 0 Å². The van der Waals surface area contributed by atoms with Crippen LogP contribution in [0.25, 0.3) is 11.4 Å². The topological polar surface area (TPSA) is 95.4 Å². The highest BCUT2D eigenvalue weighted by Crippen LogP contribution is 2.34. The molecule has 1 aromatic carbocycles. The molecule has 2 aromatic rings. The van der Waals surface area contributed by atoms with E-state index in [-0.39, 0.29) is 18.4 Å². The van der Waals surface area contributed by atoms with E-state index < -0.39 is 5.97 Å². The summed E-state index contributed by atoms with van der Waals surface area (Å²) in [4.78, 5) is 34.0. The van der Waals surface area contributed by atoms with Gasteiger partial charge in [-0.2, -0.15) is 0 Å².